The van der Waals surface area contributed by atoms with Gasteiger partial charge in [-0.3, -0.25) is 58.1 Å². The van der Waals surface area contributed by atoms with Crippen LogP contribution in [0.5, 0.6) is 23.0 Å². The molecule has 0 bridgehead atoms. The topological polar surface area (TPSA) is 494 Å². The van der Waals surface area contributed by atoms with Crippen molar-refractivity contribution in [1.29, 1.82) is 0 Å². The molecule has 674 valence electrons. The molecule has 5 aliphatic rings. The molecule has 17 rings (SSSR count). The number of urea groups is 2. The van der Waals surface area contributed by atoms with Gasteiger partial charge in [0, 0.05) is 138 Å². The summed E-state index contributed by atoms with van der Waals surface area (Å²) < 4.78 is 29.0. The van der Waals surface area contributed by atoms with E-state index in [1.54, 1.807) is 163 Å². The van der Waals surface area contributed by atoms with Crippen LogP contribution in [0, 0.1) is 23.7 Å². The number of carbonyl (C=O) groups excluding carboxylic acids is 8. The van der Waals surface area contributed by atoms with Crippen LogP contribution in [0.4, 0.5) is 78.6 Å². The molecule has 40 nitrogen and oxygen atoms in total. The second-order valence-corrected chi connectivity index (χ2v) is 32.6. The third-order valence-electron chi connectivity index (χ3n) is 21.2. The first-order valence-electron chi connectivity index (χ1n) is 42.5. The highest BCUT2D eigenvalue weighted by Gasteiger charge is 2.37. The van der Waals surface area contributed by atoms with Crippen molar-refractivity contribution >= 4 is 116 Å². The van der Waals surface area contributed by atoms with Crippen molar-refractivity contribution in [1.82, 2.24) is 99.6 Å². The Kier molecular flexibility index (Phi) is 28.2. The highest BCUT2D eigenvalue weighted by molar-refractivity contribution is 6.08. The number of pyridine rings is 6. The Morgan fingerprint density at radius 2 is 0.708 bits per heavy atom. The van der Waals surface area contributed by atoms with Gasteiger partial charge in [-0.05, 0) is 128 Å². The summed E-state index contributed by atoms with van der Waals surface area (Å²) in [6.07, 6.45) is 26.4. The summed E-state index contributed by atoms with van der Waals surface area (Å²) in [5.74, 6) is 6.13. The molecule has 0 radical (unpaired) electrons. The van der Waals surface area contributed by atoms with Gasteiger partial charge in [-0.1, -0.05) is 26.0 Å². The molecule has 10 N–H and O–H groups in total. The van der Waals surface area contributed by atoms with Gasteiger partial charge in [0.15, 0.2) is 81.1 Å². The van der Waals surface area contributed by atoms with Gasteiger partial charge >= 0.3 is 12.1 Å². The molecular weight excluding hydrogens is 1670 g/mol. The van der Waals surface area contributed by atoms with Crippen molar-refractivity contribution in [3.63, 3.8) is 0 Å². The predicted octanol–water partition coefficient (Wildman–Crippen LogP) is 14.0. The number of carbonyl (C=O) groups is 8. The fourth-order valence-corrected chi connectivity index (χ4v) is 13.7. The smallest absolute Gasteiger partial charge is 0.320 e. The Morgan fingerprint density at radius 3 is 1.02 bits per heavy atom. The first kappa shape index (κ1) is 90.7. The van der Waals surface area contributed by atoms with E-state index in [4.69, 9.17) is 18.9 Å². The molecular formula is C90H102N28O12. The van der Waals surface area contributed by atoms with Crippen LogP contribution in [0.3, 0.4) is 0 Å². The lowest BCUT2D eigenvalue weighted by Gasteiger charge is -2.26. The lowest BCUT2D eigenvalue weighted by atomic mass is 9.93. The first-order chi connectivity index (χ1) is 62.6. The minimum absolute atomic E-state index is 0.0168. The third kappa shape index (κ3) is 22.8. The van der Waals surface area contributed by atoms with Crippen LogP contribution in [0.1, 0.15) is 160 Å². The van der Waals surface area contributed by atoms with E-state index in [-0.39, 0.29) is 70.7 Å². The fraction of sp³-hybridized carbons (Fsp3) is 0.356. The van der Waals surface area contributed by atoms with Gasteiger partial charge in [0.2, 0.25) is 11.8 Å². The average molecular weight is 1770 g/mol. The lowest BCUT2D eigenvalue weighted by Crippen LogP contribution is -2.43. The maximum absolute atomic E-state index is 12.9. The number of para-hydroxylation sites is 2. The zero-order valence-electron chi connectivity index (χ0n) is 74.2. The number of hydrogen-bond donors (Lipinski definition) is 10. The molecule has 6 amide bonds. The van der Waals surface area contributed by atoms with E-state index in [0.717, 1.165) is 70.6 Å². The molecule has 5 fully saturated rings. The largest absolute Gasteiger partial charge is 0.494 e. The van der Waals surface area contributed by atoms with Crippen LogP contribution in [0.15, 0.2) is 135 Å². The first-order valence-corrected chi connectivity index (χ1v) is 42.5. The van der Waals surface area contributed by atoms with Gasteiger partial charge in [-0.2, -0.15) is 20.4 Å². The van der Waals surface area contributed by atoms with E-state index in [9.17, 15) is 38.4 Å². The van der Waals surface area contributed by atoms with Gasteiger partial charge in [-0.25, -0.2) is 59.4 Å². The minimum Gasteiger partial charge on any atom is -0.494 e. The Labute approximate surface area is 748 Å². The molecule has 10 aromatic heterocycles. The highest BCUT2D eigenvalue weighted by Crippen LogP contribution is 2.44. The summed E-state index contributed by atoms with van der Waals surface area (Å²) in [7, 11) is 13.4. The molecule has 5 saturated carbocycles. The van der Waals surface area contributed by atoms with Gasteiger partial charge < -0.3 is 61.5 Å². The van der Waals surface area contributed by atoms with E-state index in [1.807, 2.05) is 57.2 Å². The molecule has 130 heavy (non-hydrogen) atoms. The number of aromatic nitrogens is 18. The number of Topliss-reactive ketones (excluding diaryl/α,β-unsaturated/α-hetero) is 4. The summed E-state index contributed by atoms with van der Waals surface area (Å²) in [4.78, 5) is 143. The van der Waals surface area contributed by atoms with E-state index < -0.39 is 11.6 Å². The van der Waals surface area contributed by atoms with Crippen LogP contribution in [-0.2, 0) is 37.8 Å². The predicted molar refractivity (Wildman–Crippen MR) is 485 cm³/mol. The number of nitrogens with zero attached hydrogens (tertiary/aromatic N) is 18. The van der Waals surface area contributed by atoms with Crippen LogP contribution < -0.4 is 72.1 Å². The summed E-state index contributed by atoms with van der Waals surface area (Å²) in [5, 5.41) is 47.2. The maximum atomic E-state index is 12.9. The molecule has 40 heteroatoms. The molecule has 0 saturated heterocycles. The number of nitrogens with one attached hydrogen (secondary N) is 10. The molecule has 0 aliphatic heterocycles. The highest BCUT2D eigenvalue weighted by atomic mass is 16.5. The van der Waals surface area contributed by atoms with Crippen molar-refractivity contribution in [2.75, 3.05) is 71.0 Å². The number of rotatable bonds is 31. The number of amides is 6. The number of ketones is 4. The zero-order chi connectivity index (χ0) is 92.0. The van der Waals surface area contributed by atoms with Crippen LogP contribution in [0.2, 0.25) is 0 Å². The number of hydrogen-bond acceptors (Lipinski definition) is 30. The van der Waals surface area contributed by atoms with Crippen molar-refractivity contribution in [2.24, 2.45) is 51.9 Å². The fourth-order valence-electron chi connectivity index (χ4n) is 13.7. The summed E-state index contributed by atoms with van der Waals surface area (Å²) in [5.41, 5.74) is 7.35. The molecule has 12 aromatic rings. The SMILES string of the molecule is CCC(=O)c1cnc(NC(=O)NC(C)(C)C)cc1Nc1cccc(-c2ncn(C)n2)c1OC.CCC(=O)c1cnc(NC(=O)NC2CCC2)cc1Nc1cccc(-c2ncn(C)n2)c1OC.COc1c(-c2ncn(C)n2)ccnc1Nc1cc(NC(=O)C2CC2)ncc1C(=O)C1CC1.COc1c(-c2ncn(C)n2)ccnc1Nc1cc(NC(=O)C2CC2)ncc1C(=O)C1CC1. The van der Waals surface area contributed by atoms with E-state index in [1.165, 1.54) is 24.8 Å². The van der Waals surface area contributed by atoms with Gasteiger partial charge in [0.25, 0.3) is 0 Å². The Balaban J connectivity index is 0.000000140. The van der Waals surface area contributed by atoms with Gasteiger partial charge in [0.05, 0.1) is 107 Å². The normalized spacial score (nSPS) is 13.7. The molecule has 0 atom stereocenters. The van der Waals surface area contributed by atoms with Gasteiger partial charge in [0.1, 0.15) is 48.6 Å². The van der Waals surface area contributed by atoms with Crippen molar-refractivity contribution in [3.05, 3.63) is 158 Å². The van der Waals surface area contributed by atoms with Crippen LogP contribution >= 0.6 is 0 Å². The summed E-state index contributed by atoms with van der Waals surface area (Å²) >= 11 is 0. The summed E-state index contributed by atoms with van der Waals surface area (Å²) in [6.45, 7) is 9.21. The number of methoxy groups -OCH3 is 4. The quantitative estimate of drug-likeness (QED) is 0.0180. The molecule has 10 heterocycles. The van der Waals surface area contributed by atoms with Crippen LogP contribution in [-0.4, -0.2) is 176 Å². The number of ether oxygens (including phenoxy) is 4. The monoisotopic (exact) mass is 1770 g/mol. The minimum atomic E-state index is -0.406. The maximum Gasteiger partial charge on any atom is 0.320 e. The molecule has 5 aliphatic carbocycles. The number of anilines is 12. The van der Waals surface area contributed by atoms with Crippen LogP contribution in [0.25, 0.3) is 45.6 Å². The average Bonchev–Trinajstić information content (AvgIpc) is 1.60. The standard InChI is InChI=1S/C23H27N7O3.C23H29N7O3.2C22H23N7O3/c1-4-19(31)16-12-24-20(28-23(32)26-14-7-5-8-14)11-18(16)27-17-10-6-9-15(21(17)33-3)22-25-13-30(2)29-22;1-7-18(31)15-12-24-19(27-22(32)28-23(2,3)4)11-17(15)26-16-10-8-9-14(20(16)33-6)21-25-13-30(5)29-21;2*1-29-11-25-20(28-29)14-7-8-23-21(19(14)32-2)26-16-9-17(27-22(31)13-5-6-13)24-10-15(16)18(30)12-3-4-12/h6,9-14H,4-5,7-8H2,1-3H3,(H3,24,26,27,28,32);8-13H,7H2,1-6H3,(H3,24,26,27,28,32);2*7-13H,3-6H2,1-2H3,(H2,23,24,26,27,31). The number of aryl methyl sites for hydroxylation is 4. The Hall–Kier alpha value is -15.5. The number of benzene rings is 2. The molecule has 0 spiro atoms. The van der Waals surface area contributed by atoms with Crippen molar-refractivity contribution in [3.8, 4) is 68.5 Å². The Bertz CT molecular complexity index is 6030. The zero-order valence-corrected chi connectivity index (χ0v) is 74.2. The van der Waals surface area contributed by atoms with Crippen molar-refractivity contribution in [2.45, 2.75) is 130 Å². The third-order valence-corrected chi connectivity index (χ3v) is 21.2. The van der Waals surface area contributed by atoms with Crippen molar-refractivity contribution < 1.29 is 57.3 Å². The van der Waals surface area contributed by atoms with E-state index in [0.29, 0.717) is 173 Å². The summed E-state index contributed by atoms with van der Waals surface area (Å²) in [6, 6.07) is 20.7. The second kappa shape index (κ2) is 40.4. The van der Waals surface area contributed by atoms with E-state index in [2.05, 4.69) is 123 Å². The Morgan fingerprint density at radius 1 is 0.377 bits per heavy atom. The molecule has 2 aromatic carbocycles. The molecule has 0 unspecified atom stereocenters. The second-order valence-electron chi connectivity index (χ2n) is 32.6. The lowest BCUT2D eigenvalue weighted by molar-refractivity contribution is -0.118. The van der Waals surface area contributed by atoms with Gasteiger partial charge in [-0.15, -0.1) is 0 Å². The van der Waals surface area contributed by atoms with E-state index >= 15 is 0 Å².